The molecule has 1 aromatic carbocycles. The van der Waals surface area contributed by atoms with E-state index < -0.39 is 15.6 Å². The van der Waals surface area contributed by atoms with Gasteiger partial charge in [-0.25, -0.2) is 8.42 Å². The zero-order valence-corrected chi connectivity index (χ0v) is 18.1. The molecular weight excluding hydrogens is 386 g/mol. The van der Waals surface area contributed by atoms with E-state index in [0.29, 0.717) is 25.2 Å². The van der Waals surface area contributed by atoms with Gasteiger partial charge in [-0.3, -0.25) is 4.79 Å². The molecule has 3 N–H and O–H groups in total. The van der Waals surface area contributed by atoms with Crippen LogP contribution in [0.1, 0.15) is 61.9 Å². The van der Waals surface area contributed by atoms with E-state index in [0.717, 1.165) is 37.7 Å². The van der Waals surface area contributed by atoms with E-state index in [1.807, 2.05) is 20.8 Å². The fourth-order valence-electron chi connectivity index (χ4n) is 3.34. The molecule has 154 valence electrons. The van der Waals surface area contributed by atoms with Crippen LogP contribution in [0.25, 0.3) is 0 Å². The topological polar surface area (TPSA) is 92.5 Å². The van der Waals surface area contributed by atoms with E-state index in [1.54, 1.807) is 12.1 Å². The average molecular weight is 418 g/mol. The lowest BCUT2D eigenvalue weighted by molar-refractivity contribution is 0.0894. The number of aryl methyl sites for hydroxylation is 1. The maximum atomic E-state index is 12.9. The van der Waals surface area contributed by atoms with Gasteiger partial charge >= 0.3 is 0 Å². The molecule has 0 spiro atoms. The fourth-order valence-corrected chi connectivity index (χ4v) is 4.88. The molecule has 1 saturated heterocycles. The number of nitrogens with two attached hydrogens (primary N) is 1. The summed E-state index contributed by atoms with van der Waals surface area (Å²) in [7, 11) is -3.57. The number of carbonyl (C=O) groups is 1. The van der Waals surface area contributed by atoms with Gasteiger partial charge in [-0.15, -0.1) is 12.4 Å². The van der Waals surface area contributed by atoms with Gasteiger partial charge in [-0.1, -0.05) is 26.3 Å². The number of halogens is 1. The Labute approximate surface area is 169 Å². The summed E-state index contributed by atoms with van der Waals surface area (Å²) >= 11 is 0. The van der Waals surface area contributed by atoms with Crippen molar-refractivity contribution in [2.24, 2.45) is 5.73 Å². The Morgan fingerprint density at radius 1 is 1.19 bits per heavy atom. The second kappa shape index (κ2) is 9.87. The Morgan fingerprint density at radius 2 is 1.78 bits per heavy atom. The molecule has 0 aromatic heterocycles. The van der Waals surface area contributed by atoms with Gasteiger partial charge in [-0.2, -0.15) is 4.31 Å². The summed E-state index contributed by atoms with van der Waals surface area (Å²) in [5.74, 6) is -0.271. The van der Waals surface area contributed by atoms with Crippen LogP contribution in [-0.4, -0.2) is 43.8 Å². The summed E-state index contributed by atoms with van der Waals surface area (Å²) in [5.41, 5.74) is 6.55. The van der Waals surface area contributed by atoms with Crippen molar-refractivity contribution in [1.29, 1.82) is 0 Å². The Kier molecular flexibility index (Phi) is 8.73. The zero-order valence-electron chi connectivity index (χ0n) is 16.5. The minimum Gasteiger partial charge on any atom is -0.345 e. The largest absolute Gasteiger partial charge is 0.345 e. The lowest BCUT2D eigenvalue weighted by Gasteiger charge is -2.32. The molecule has 0 aliphatic carbocycles. The molecule has 1 amide bonds. The number of sulfonamides is 1. The van der Waals surface area contributed by atoms with Crippen molar-refractivity contribution in [3.63, 3.8) is 0 Å². The quantitative estimate of drug-likeness (QED) is 0.713. The van der Waals surface area contributed by atoms with Crippen molar-refractivity contribution in [3.05, 3.63) is 29.3 Å². The molecule has 0 unspecified atom stereocenters. The Bertz CT molecular complexity index is 734. The van der Waals surface area contributed by atoms with Crippen LogP contribution in [0.3, 0.4) is 0 Å². The van der Waals surface area contributed by atoms with Gasteiger partial charge in [0.15, 0.2) is 0 Å². The summed E-state index contributed by atoms with van der Waals surface area (Å²) < 4.78 is 27.3. The molecule has 0 atom stereocenters. The molecule has 1 aliphatic rings. The van der Waals surface area contributed by atoms with Crippen molar-refractivity contribution in [3.8, 4) is 0 Å². The first-order valence-electron chi connectivity index (χ1n) is 9.43. The minimum atomic E-state index is -3.57. The number of carbonyl (C=O) groups excluding carboxylic acids is 1. The van der Waals surface area contributed by atoms with Crippen LogP contribution in [0.4, 0.5) is 0 Å². The monoisotopic (exact) mass is 417 g/mol. The van der Waals surface area contributed by atoms with Crippen LogP contribution < -0.4 is 11.1 Å². The van der Waals surface area contributed by atoms with Crippen LogP contribution in [0.5, 0.6) is 0 Å². The summed E-state index contributed by atoms with van der Waals surface area (Å²) in [6.45, 7) is 7.21. The maximum Gasteiger partial charge on any atom is 0.252 e. The van der Waals surface area contributed by atoms with E-state index in [2.05, 4.69) is 5.32 Å². The molecular formula is C19H32ClN3O3S. The number of nitrogens with zero attached hydrogens (tertiary/aromatic N) is 1. The fraction of sp³-hybridized carbons (Fsp3) is 0.632. The van der Waals surface area contributed by atoms with Gasteiger partial charge in [-0.05, 0) is 50.3 Å². The number of nitrogens with one attached hydrogen (secondary N) is 1. The van der Waals surface area contributed by atoms with Gasteiger partial charge in [0.2, 0.25) is 10.0 Å². The number of hydrogen-bond donors (Lipinski definition) is 2. The van der Waals surface area contributed by atoms with Crippen LogP contribution in [0, 0.1) is 6.92 Å². The van der Waals surface area contributed by atoms with Gasteiger partial charge in [0.1, 0.15) is 0 Å². The lowest BCUT2D eigenvalue weighted by Crippen LogP contribution is -2.53. The molecule has 0 saturated carbocycles. The van der Waals surface area contributed by atoms with E-state index in [4.69, 9.17) is 5.73 Å². The number of rotatable bonds is 7. The molecule has 1 fully saturated rings. The highest BCUT2D eigenvalue weighted by Gasteiger charge is 2.30. The highest BCUT2D eigenvalue weighted by atomic mass is 35.5. The van der Waals surface area contributed by atoms with Crippen LogP contribution in [0.2, 0.25) is 0 Å². The Hall–Kier alpha value is -1.15. The van der Waals surface area contributed by atoms with Crippen LogP contribution >= 0.6 is 12.4 Å². The van der Waals surface area contributed by atoms with E-state index in [-0.39, 0.29) is 23.2 Å². The SMILES string of the molecule is CCC(CC)(CN)NC(=O)c1cc(S(=O)(=O)N2CCCCC2)ccc1C.Cl. The smallest absolute Gasteiger partial charge is 0.252 e. The third-order valence-corrected chi connectivity index (χ3v) is 7.42. The number of amides is 1. The van der Waals surface area contributed by atoms with Crippen molar-refractivity contribution >= 4 is 28.3 Å². The standard InChI is InChI=1S/C19H31N3O3S.ClH/c1-4-19(5-2,14-20)21-18(23)17-13-16(10-9-15(17)3)26(24,25)22-11-7-6-8-12-22;/h9-10,13H,4-8,11-12,14,20H2,1-3H3,(H,21,23);1H. The van der Waals surface area contributed by atoms with E-state index in [9.17, 15) is 13.2 Å². The van der Waals surface area contributed by atoms with Crippen LogP contribution in [0.15, 0.2) is 23.1 Å². The molecule has 1 aromatic rings. The minimum absolute atomic E-state index is 0. The van der Waals surface area contributed by atoms with Crippen molar-refractivity contribution in [2.75, 3.05) is 19.6 Å². The Balaban J connectivity index is 0.00000364. The maximum absolute atomic E-state index is 12.9. The average Bonchev–Trinajstić information content (AvgIpc) is 2.67. The number of benzene rings is 1. The van der Waals surface area contributed by atoms with Crippen LogP contribution in [-0.2, 0) is 10.0 Å². The first-order valence-corrected chi connectivity index (χ1v) is 10.9. The third kappa shape index (κ3) is 5.22. The molecule has 1 heterocycles. The summed E-state index contributed by atoms with van der Waals surface area (Å²) in [6, 6.07) is 4.79. The number of hydrogen-bond acceptors (Lipinski definition) is 4. The molecule has 27 heavy (non-hydrogen) atoms. The molecule has 0 bridgehead atoms. The summed E-state index contributed by atoms with van der Waals surface area (Å²) in [4.78, 5) is 13.0. The molecule has 2 rings (SSSR count). The Morgan fingerprint density at radius 3 is 2.30 bits per heavy atom. The first kappa shape index (κ1) is 23.9. The van der Waals surface area contributed by atoms with Crippen molar-refractivity contribution in [2.45, 2.75) is 63.3 Å². The second-order valence-corrected chi connectivity index (χ2v) is 9.03. The molecule has 8 heteroatoms. The molecule has 0 radical (unpaired) electrons. The molecule has 1 aliphatic heterocycles. The van der Waals surface area contributed by atoms with E-state index in [1.165, 1.54) is 10.4 Å². The van der Waals surface area contributed by atoms with Gasteiger partial charge in [0, 0.05) is 25.2 Å². The third-order valence-electron chi connectivity index (χ3n) is 5.53. The highest BCUT2D eigenvalue weighted by Crippen LogP contribution is 2.23. The normalized spacial score (nSPS) is 15.9. The zero-order chi connectivity index (χ0) is 19.4. The van der Waals surface area contributed by atoms with Gasteiger partial charge in [0.05, 0.1) is 10.4 Å². The molecule has 6 nitrogen and oxygen atoms in total. The summed E-state index contributed by atoms with van der Waals surface area (Å²) in [6.07, 6.45) is 4.25. The summed E-state index contributed by atoms with van der Waals surface area (Å²) in [5, 5.41) is 3.02. The van der Waals surface area contributed by atoms with Gasteiger partial charge in [0.25, 0.3) is 5.91 Å². The van der Waals surface area contributed by atoms with Crippen molar-refractivity contribution in [1.82, 2.24) is 9.62 Å². The van der Waals surface area contributed by atoms with E-state index >= 15 is 0 Å². The first-order chi connectivity index (χ1) is 12.3. The lowest BCUT2D eigenvalue weighted by atomic mass is 9.92. The predicted molar refractivity (Wildman–Crippen MR) is 111 cm³/mol. The second-order valence-electron chi connectivity index (χ2n) is 7.09. The van der Waals surface area contributed by atoms with Crippen molar-refractivity contribution < 1.29 is 13.2 Å². The number of piperidine rings is 1. The predicted octanol–water partition coefficient (Wildman–Crippen LogP) is 2.84. The van der Waals surface area contributed by atoms with Gasteiger partial charge < -0.3 is 11.1 Å². The highest BCUT2D eigenvalue weighted by molar-refractivity contribution is 7.89.